The van der Waals surface area contributed by atoms with Gasteiger partial charge in [0.15, 0.2) is 18.9 Å². The maximum Gasteiger partial charge on any atom is 0.228 e. The first-order chi connectivity index (χ1) is 30.7. The Morgan fingerprint density at radius 2 is 1.24 bits per heavy atom. The fourth-order valence-corrected chi connectivity index (χ4v) is 15.5. The van der Waals surface area contributed by atoms with Crippen molar-refractivity contribution in [3.8, 4) is 0 Å². The Balaban J connectivity index is 1.07. The van der Waals surface area contributed by atoms with Crippen LogP contribution in [0.3, 0.4) is 0 Å². The third-order valence-corrected chi connectivity index (χ3v) is 19.7. The highest BCUT2D eigenvalue weighted by atomic mass is 16.8. The van der Waals surface area contributed by atoms with Crippen LogP contribution in [0, 0.1) is 50.2 Å². The van der Waals surface area contributed by atoms with Gasteiger partial charge in [-0.3, -0.25) is 4.79 Å². The lowest BCUT2D eigenvalue weighted by Crippen LogP contribution is -2.68. The van der Waals surface area contributed by atoms with E-state index in [0.29, 0.717) is 12.3 Å². The van der Waals surface area contributed by atoms with E-state index in [2.05, 4.69) is 54.5 Å². The average Bonchev–Trinajstić information content (AvgIpc) is 3.25. The van der Waals surface area contributed by atoms with Crippen molar-refractivity contribution in [3.63, 3.8) is 0 Å². The lowest BCUT2D eigenvalue weighted by Gasteiger charge is -2.71. The van der Waals surface area contributed by atoms with E-state index in [-0.39, 0.29) is 44.8 Å². The molecule has 66 heavy (non-hydrogen) atoms. The fourth-order valence-electron chi connectivity index (χ4n) is 15.5. The van der Waals surface area contributed by atoms with Gasteiger partial charge in [0.05, 0.1) is 30.3 Å². The molecule has 8 N–H and O–H groups in total. The minimum atomic E-state index is -1.73. The number of hydrogen-bond donors (Lipinski definition) is 8. The Morgan fingerprint density at radius 3 is 1.82 bits per heavy atom. The van der Waals surface area contributed by atoms with Gasteiger partial charge in [-0.15, -0.1) is 0 Å². The summed E-state index contributed by atoms with van der Waals surface area (Å²) in [5, 5.41) is 86.8. The molecule has 1 amide bonds. The molecule has 378 valence electrons. The van der Waals surface area contributed by atoms with Gasteiger partial charge in [0, 0.05) is 14.1 Å². The van der Waals surface area contributed by atoms with Gasteiger partial charge in [0.2, 0.25) is 5.91 Å². The van der Waals surface area contributed by atoms with Crippen LogP contribution in [0.2, 0.25) is 0 Å². The summed E-state index contributed by atoms with van der Waals surface area (Å²) >= 11 is 0. The van der Waals surface area contributed by atoms with Crippen LogP contribution in [0.25, 0.3) is 0 Å². The molecule has 0 aromatic heterocycles. The zero-order valence-electron chi connectivity index (χ0n) is 41.2. The summed E-state index contributed by atoms with van der Waals surface area (Å²) in [6, 6.07) is 0. The van der Waals surface area contributed by atoms with Crippen LogP contribution < -0.4 is 0 Å². The molecule has 0 aromatic carbocycles. The summed E-state index contributed by atoms with van der Waals surface area (Å²) in [4.78, 5) is 16.1. The van der Waals surface area contributed by atoms with Crippen molar-refractivity contribution in [2.75, 3.05) is 20.7 Å². The summed E-state index contributed by atoms with van der Waals surface area (Å²) in [5.74, 6) is 1.09. The number of hydrogen-bond acceptors (Lipinski definition) is 15. The van der Waals surface area contributed by atoms with Crippen molar-refractivity contribution < 1.29 is 74.1 Å². The molecule has 0 bridgehead atoms. The van der Waals surface area contributed by atoms with Crippen LogP contribution in [-0.4, -0.2) is 171 Å². The molecule has 8 rings (SSSR count). The van der Waals surface area contributed by atoms with E-state index in [4.69, 9.17) is 28.4 Å². The smallest absolute Gasteiger partial charge is 0.228 e. The topological polar surface area (TPSA) is 238 Å². The SMILES string of the molecule is C[C@@H]1O[C@@H](O[C@H]2[C@H](O[C@H]3CC[C@]4(C)[C@H]5CC=C6[C@@H]7CC(C)(C)CC[C@]7(C(=O)N(C)C)CC[C@@]6(C)[C@]5(C)CC[C@H]4C3(C)C)O[C@H](CO)[C@@H](O[C@@H]3O[C@@H](C)[C@H](O)[C@@H](O)[C@H]3O)[C@@H]2O)[C@H](O)[C@H](O)[C@H]1O. The van der Waals surface area contributed by atoms with Crippen molar-refractivity contribution >= 4 is 5.91 Å². The van der Waals surface area contributed by atoms with Gasteiger partial charge < -0.3 is 74.2 Å². The van der Waals surface area contributed by atoms with Crippen molar-refractivity contribution in [3.05, 3.63) is 11.6 Å². The second-order valence-corrected chi connectivity index (χ2v) is 24.3. The van der Waals surface area contributed by atoms with Crippen molar-refractivity contribution in [1.82, 2.24) is 4.90 Å². The standard InChI is InChI=1S/C50H83NO15/c1-24-32(53)34(55)36(57)41(61-24)65-39-28(23-52)63-43(40(38(39)59)66-42-37(58)35(56)33(54)25(2)62-42)64-31-15-16-47(7)29(46(31,5)6)14-17-49(9)30(47)13-12-26-27-22-45(3,4)18-20-50(27,44(60)51(10)11)21-19-48(26,49)8/h12,24-25,27-43,52-59H,13-23H2,1-11H3/t24-,25-,27-,28+,29-,30+,31-,32-,33-,34+,35+,36+,37+,38-,39+,40+,41-,42-,43-,47-,48+,49+,50-/m0/s1. The highest BCUT2D eigenvalue weighted by Gasteiger charge is 2.70. The molecule has 23 atom stereocenters. The molecule has 0 unspecified atom stereocenters. The van der Waals surface area contributed by atoms with Crippen molar-refractivity contribution in [2.45, 2.75) is 225 Å². The summed E-state index contributed by atoms with van der Waals surface area (Å²) in [7, 11) is 3.83. The third-order valence-electron chi connectivity index (χ3n) is 19.7. The quantitative estimate of drug-likeness (QED) is 0.129. The monoisotopic (exact) mass is 938 g/mol. The molecular formula is C50H83NO15. The normalized spacial score (nSPS) is 53.3. The number of rotatable bonds is 8. The maximum absolute atomic E-state index is 14.2. The molecule has 0 aromatic rings. The molecule has 0 spiro atoms. The van der Waals surface area contributed by atoms with Crippen LogP contribution in [-0.2, 0) is 33.2 Å². The van der Waals surface area contributed by atoms with E-state index in [1.807, 2.05) is 19.0 Å². The molecule has 0 radical (unpaired) electrons. The zero-order valence-corrected chi connectivity index (χ0v) is 41.2. The predicted molar refractivity (Wildman–Crippen MR) is 239 cm³/mol. The van der Waals surface area contributed by atoms with Crippen LogP contribution in [0.4, 0.5) is 0 Å². The van der Waals surface area contributed by atoms with E-state index < -0.39 is 110 Å². The van der Waals surface area contributed by atoms with Crippen LogP contribution in [0.15, 0.2) is 11.6 Å². The molecule has 5 aliphatic carbocycles. The predicted octanol–water partition coefficient (Wildman–Crippen LogP) is 2.77. The van der Waals surface area contributed by atoms with Gasteiger partial charge in [-0.25, -0.2) is 0 Å². The second kappa shape index (κ2) is 17.7. The Kier molecular flexibility index (Phi) is 13.7. The molecule has 8 aliphatic rings. The molecule has 4 saturated carbocycles. The van der Waals surface area contributed by atoms with Crippen molar-refractivity contribution in [1.29, 1.82) is 0 Å². The first-order valence-corrected chi connectivity index (χ1v) is 24.9. The lowest BCUT2D eigenvalue weighted by atomic mass is 9.33. The number of ether oxygens (including phenoxy) is 6. The van der Waals surface area contributed by atoms with Gasteiger partial charge in [-0.2, -0.15) is 0 Å². The Labute approximate surface area is 391 Å². The van der Waals surface area contributed by atoms with Crippen LogP contribution in [0.5, 0.6) is 0 Å². The lowest BCUT2D eigenvalue weighted by molar-refractivity contribution is -0.393. The first-order valence-electron chi connectivity index (χ1n) is 24.9. The largest absolute Gasteiger partial charge is 0.394 e. The van der Waals surface area contributed by atoms with Gasteiger partial charge >= 0.3 is 0 Å². The van der Waals surface area contributed by atoms with Gasteiger partial charge in [0.1, 0.15) is 61.0 Å². The highest BCUT2D eigenvalue weighted by molar-refractivity contribution is 5.84. The van der Waals surface area contributed by atoms with Crippen LogP contribution >= 0.6 is 0 Å². The highest BCUT2D eigenvalue weighted by Crippen LogP contribution is 2.76. The van der Waals surface area contributed by atoms with E-state index in [1.165, 1.54) is 19.4 Å². The van der Waals surface area contributed by atoms with E-state index in [0.717, 1.165) is 57.8 Å². The molecular weight excluding hydrogens is 855 g/mol. The van der Waals surface area contributed by atoms with E-state index >= 15 is 0 Å². The third kappa shape index (κ3) is 7.90. The summed E-state index contributed by atoms with van der Waals surface area (Å²) in [6.07, 6.45) is -10.3. The Bertz CT molecular complexity index is 1810. The number of aliphatic hydroxyl groups is 8. The molecule has 16 nitrogen and oxygen atoms in total. The van der Waals surface area contributed by atoms with Gasteiger partial charge in [0.25, 0.3) is 0 Å². The summed E-state index contributed by atoms with van der Waals surface area (Å²) < 4.78 is 37.3. The minimum absolute atomic E-state index is 0.00241. The maximum atomic E-state index is 14.2. The summed E-state index contributed by atoms with van der Waals surface area (Å²) in [6.45, 7) is 19.1. The number of amides is 1. The fraction of sp³-hybridized carbons (Fsp3) is 0.940. The molecule has 16 heteroatoms. The number of carbonyl (C=O) groups is 1. The average molecular weight is 938 g/mol. The Hall–Kier alpha value is -1.35. The molecule has 7 fully saturated rings. The number of fused-ring (bicyclic) bond motifs is 7. The molecule has 3 aliphatic heterocycles. The van der Waals surface area contributed by atoms with Crippen LogP contribution in [0.1, 0.15) is 127 Å². The van der Waals surface area contributed by atoms with Gasteiger partial charge in [-0.05, 0) is 123 Å². The Morgan fingerprint density at radius 1 is 0.667 bits per heavy atom. The first kappa shape index (κ1) is 51.0. The van der Waals surface area contributed by atoms with E-state index in [9.17, 15) is 45.6 Å². The number of allylic oxidation sites excluding steroid dienone is 2. The second-order valence-electron chi connectivity index (χ2n) is 24.3. The molecule has 3 saturated heterocycles. The number of carbonyl (C=O) groups excluding carboxylic acids is 1. The molecule has 3 heterocycles. The van der Waals surface area contributed by atoms with E-state index in [1.54, 1.807) is 0 Å². The minimum Gasteiger partial charge on any atom is -0.394 e. The number of nitrogens with zero attached hydrogens (tertiary/aromatic N) is 1. The summed E-state index contributed by atoms with van der Waals surface area (Å²) in [5.41, 5.74) is 0.741. The van der Waals surface area contributed by atoms with Gasteiger partial charge in [-0.1, -0.05) is 60.1 Å². The zero-order chi connectivity index (χ0) is 48.4. The van der Waals surface area contributed by atoms with Crippen molar-refractivity contribution in [2.24, 2.45) is 50.2 Å². The number of aliphatic hydroxyl groups excluding tert-OH is 8.